The maximum absolute atomic E-state index is 8.46. The van der Waals surface area contributed by atoms with Gasteiger partial charge in [0.1, 0.15) is 18.1 Å². The zero-order chi connectivity index (χ0) is 14.2. The van der Waals surface area contributed by atoms with Crippen LogP contribution in [0.1, 0.15) is 11.1 Å². The number of nitriles is 1. The van der Waals surface area contributed by atoms with Gasteiger partial charge in [-0.05, 0) is 41.5 Å². The minimum Gasteiger partial charge on any atom is -0.497 e. The molecule has 0 N–H and O–H groups in total. The first-order valence-corrected chi connectivity index (χ1v) is 6.24. The molecule has 0 saturated carbocycles. The molecule has 3 nitrogen and oxygen atoms in total. The van der Waals surface area contributed by atoms with Gasteiger partial charge in [-0.1, -0.05) is 24.3 Å². The number of allylic oxidation sites excluding steroid dienone is 1. The molecule has 0 aromatic heterocycles. The third-order valence-corrected chi connectivity index (χ3v) is 2.79. The second-order valence-electron chi connectivity index (χ2n) is 4.17. The van der Waals surface area contributed by atoms with E-state index in [0.29, 0.717) is 6.61 Å². The van der Waals surface area contributed by atoms with Gasteiger partial charge in [-0.25, -0.2) is 0 Å². The normalized spacial score (nSPS) is 10.2. The fourth-order valence-electron chi connectivity index (χ4n) is 1.70. The van der Waals surface area contributed by atoms with Crippen molar-refractivity contribution in [2.75, 3.05) is 7.11 Å². The van der Waals surface area contributed by atoms with Crippen LogP contribution in [0.5, 0.6) is 11.5 Å². The molecule has 2 aromatic rings. The van der Waals surface area contributed by atoms with Crippen LogP contribution in [0.25, 0.3) is 6.08 Å². The molecule has 3 heteroatoms. The van der Waals surface area contributed by atoms with E-state index in [4.69, 9.17) is 14.7 Å². The summed E-state index contributed by atoms with van der Waals surface area (Å²) in [5.41, 5.74) is 2.06. The van der Waals surface area contributed by atoms with E-state index >= 15 is 0 Å². The quantitative estimate of drug-likeness (QED) is 0.772. The molecule has 100 valence electrons. The summed E-state index contributed by atoms with van der Waals surface area (Å²) in [7, 11) is 1.65. The van der Waals surface area contributed by atoms with Crippen LogP contribution in [-0.2, 0) is 6.61 Å². The average Bonchev–Trinajstić information content (AvgIpc) is 2.52. The van der Waals surface area contributed by atoms with Crippen molar-refractivity contribution in [3.63, 3.8) is 0 Å². The number of methoxy groups -OCH3 is 1. The van der Waals surface area contributed by atoms with Gasteiger partial charge in [-0.3, -0.25) is 0 Å². The van der Waals surface area contributed by atoms with Crippen molar-refractivity contribution in [3.8, 4) is 17.6 Å². The maximum atomic E-state index is 8.46. The summed E-state index contributed by atoms with van der Waals surface area (Å²) < 4.78 is 10.8. The average molecular weight is 265 g/mol. The summed E-state index contributed by atoms with van der Waals surface area (Å²) in [4.78, 5) is 0. The maximum Gasteiger partial charge on any atom is 0.119 e. The molecule has 0 saturated heterocycles. The number of rotatable bonds is 5. The first-order chi connectivity index (χ1) is 9.81. The smallest absolute Gasteiger partial charge is 0.119 e. The first-order valence-electron chi connectivity index (χ1n) is 6.24. The van der Waals surface area contributed by atoms with Crippen LogP contribution in [0.2, 0.25) is 0 Å². The predicted octanol–water partition coefficient (Wildman–Crippen LogP) is 3.81. The van der Waals surface area contributed by atoms with Crippen molar-refractivity contribution in [2.24, 2.45) is 0 Å². The van der Waals surface area contributed by atoms with Crippen molar-refractivity contribution < 1.29 is 9.47 Å². The molecular formula is C17H15NO2. The molecule has 2 rings (SSSR count). The summed E-state index contributed by atoms with van der Waals surface area (Å²) in [6.45, 7) is 0.511. The number of benzene rings is 2. The summed E-state index contributed by atoms with van der Waals surface area (Å²) in [6, 6.07) is 17.3. The zero-order valence-corrected chi connectivity index (χ0v) is 11.2. The van der Waals surface area contributed by atoms with Crippen LogP contribution < -0.4 is 9.47 Å². The molecule has 0 amide bonds. The van der Waals surface area contributed by atoms with E-state index in [1.807, 2.05) is 54.6 Å². The highest BCUT2D eigenvalue weighted by Gasteiger charge is 1.97. The molecule has 0 heterocycles. The van der Waals surface area contributed by atoms with Crippen LogP contribution in [0.4, 0.5) is 0 Å². The fraction of sp³-hybridized carbons (Fsp3) is 0.118. The molecule has 0 atom stereocenters. The van der Waals surface area contributed by atoms with Gasteiger partial charge in [-0.2, -0.15) is 5.26 Å². The van der Waals surface area contributed by atoms with E-state index in [2.05, 4.69) is 0 Å². The largest absolute Gasteiger partial charge is 0.497 e. The van der Waals surface area contributed by atoms with E-state index in [9.17, 15) is 0 Å². The van der Waals surface area contributed by atoms with Crippen molar-refractivity contribution in [1.82, 2.24) is 0 Å². The van der Waals surface area contributed by atoms with E-state index in [1.54, 1.807) is 13.2 Å². The third-order valence-electron chi connectivity index (χ3n) is 2.79. The Bertz CT molecular complexity index is 607. The Labute approximate surface area is 118 Å². The minimum absolute atomic E-state index is 0.511. The molecular weight excluding hydrogens is 250 g/mol. The monoisotopic (exact) mass is 265 g/mol. The molecule has 0 spiro atoms. The molecule has 0 unspecified atom stereocenters. The molecule has 0 bridgehead atoms. The number of hydrogen-bond acceptors (Lipinski definition) is 3. The van der Waals surface area contributed by atoms with Gasteiger partial charge >= 0.3 is 0 Å². The van der Waals surface area contributed by atoms with E-state index < -0.39 is 0 Å². The molecule has 0 aliphatic rings. The second kappa shape index (κ2) is 7.01. The molecule has 0 aliphatic heterocycles. The van der Waals surface area contributed by atoms with Crippen molar-refractivity contribution >= 4 is 6.08 Å². The predicted molar refractivity (Wildman–Crippen MR) is 78.4 cm³/mol. The van der Waals surface area contributed by atoms with Gasteiger partial charge in [-0.15, -0.1) is 0 Å². The summed E-state index contributed by atoms with van der Waals surface area (Å²) >= 11 is 0. The molecule has 20 heavy (non-hydrogen) atoms. The summed E-state index contributed by atoms with van der Waals surface area (Å²) in [5, 5.41) is 8.46. The number of ether oxygens (including phenoxy) is 2. The molecule has 2 aromatic carbocycles. The third kappa shape index (κ3) is 3.89. The summed E-state index contributed by atoms with van der Waals surface area (Å²) in [5.74, 6) is 1.64. The van der Waals surface area contributed by atoms with Gasteiger partial charge in [0.25, 0.3) is 0 Å². The van der Waals surface area contributed by atoms with Crippen LogP contribution in [0.15, 0.2) is 54.6 Å². The Balaban J connectivity index is 1.93. The fourth-order valence-corrected chi connectivity index (χ4v) is 1.70. The van der Waals surface area contributed by atoms with E-state index in [1.165, 1.54) is 6.08 Å². The lowest BCUT2D eigenvalue weighted by Gasteiger charge is -2.07. The van der Waals surface area contributed by atoms with Crippen molar-refractivity contribution in [3.05, 3.63) is 65.7 Å². The standard InChI is InChI=1S/C17H15NO2/c1-19-16-8-6-15(7-9-16)13-20-17-10-4-14(5-11-17)3-2-12-18/h2-11H,13H2,1H3. The van der Waals surface area contributed by atoms with Gasteiger partial charge in [0.05, 0.1) is 13.2 Å². The van der Waals surface area contributed by atoms with Gasteiger partial charge in [0.15, 0.2) is 0 Å². The highest BCUT2D eigenvalue weighted by Crippen LogP contribution is 2.16. The summed E-state index contributed by atoms with van der Waals surface area (Å²) in [6.07, 6.45) is 3.21. The Morgan fingerprint density at radius 3 is 2.25 bits per heavy atom. The lowest BCUT2D eigenvalue weighted by Crippen LogP contribution is -1.95. The first kappa shape index (κ1) is 13.7. The van der Waals surface area contributed by atoms with E-state index in [-0.39, 0.29) is 0 Å². The highest BCUT2D eigenvalue weighted by molar-refractivity contribution is 5.52. The lowest BCUT2D eigenvalue weighted by molar-refractivity contribution is 0.306. The second-order valence-corrected chi connectivity index (χ2v) is 4.17. The van der Waals surface area contributed by atoms with Gasteiger partial charge < -0.3 is 9.47 Å². The topological polar surface area (TPSA) is 42.2 Å². The SMILES string of the molecule is COc1ccc(COc2ccc(C=CC#N)cc2)cc1. The Morgan fingerprint density at radius 1 is 1.00 bits per heavy atom. The van der Waals surface area contributed by atoms with Crippen LogP contribution in [-0.4, -0.2) is 7.11 Å². The highest BCUT2D eigenvalue weighted by atomic mass is 16.5. The van der Waals surface area contributed by atoms with Crippen LogP contribution in [0.3, 0.4) is 0 Å². The van der Waals surface area contributed by atoms with Gasteiger partial charge in [0, 0.05) is 6.08 Å². The Hall–Kier alpha value is -2.73. The van der Waals surface area contributed by atoms with E-state index in [0.717, 1.165) is 22.6 Å². The lowest BCUT2D eigenvalue weighted by atomic mass is 10.2. The Morgan fingerprint density at radius 2 is 1.65 bits per heavy atom. The zero-order valence-electron chi connectivity index (χ0n) is 11.2. The van der Waals surface area contributed by atoms with Crippen molar-refractivity contribution in [1.29, 1.82) is 5.26 Å². The Kier molecular flexibility index (Phi) is 4.80. The van der Waals surface area contributed by atoms with Crippen LogP contribution in [0, 0.1) is 11.3 Å². The molecule has 0 aliphatic carbocycles. The minimum atomic E-state index is 0.511. The molecule has 0 fully saturated rings. The van der Waals surface area contributed by atoms with Gasteiger partial charge in [0.2, 0.25) is 0 Å². The van der Waals surface area contributed by atoms with Crippen molar-refractivity contribution in [2.45, 2.75) is 6.61 Å². The number of nitrogens with zero attached hydrogens (tertiary/aromatic N) is 1. The number of hydrogen-bond donors (Lipinski definition) is 0. The molecule has 0 radical (unpaired) electrons. The van der Waals surface area contributed by atoms with Crippen LogP contribution >= 0.6 is 0 Å².